The van der Waals surface area contributed by atoms with Crippen LogP contribution in [0.25, 0.3) is 0 Å². The fraction of sp³-hybridized carbons (Fsp3) is 0.833. The Hall–Kier alpha value is -2.99. The number of ketones is 4. The van der Waals surface area contributed by atoms with Crippen molar-refractivity contribution in [2.45, 2.75) is 122 Å². The zero-order valence-corrected chi connectivity index (χ0v) is 33.4. The van der Waals surface area contributed by atoms with Crippen LogP contribution in [0, 0.1) is 47.3 Å². The van der Waals surface area contributed by atoms with Crippen LogP contribution in [0.2, 0.25) is 0 Å². The standard InChI is InChI=1S/C42H66N8O4/c1-5-49(6-2)24-25-50(23-13-22-48(3)4)42-46-40(43-32-20-11-18-30-34(32)38(53)28-16-9-7-14-26(28)36(30)51)45-41(47-42)44-33-21-12-19-31-35(33)39(54)29-17-10-8-15-27(29)37(31)52/h26-35H,5-25H2,1-4H3,(H2,43,44,45,46,47). The molecule has 0 amide bonds. The first-order valence-electron chi connectivity index (χ1n) is 21.7. The quantitative estimate of drug-likeness (QED) is 0.256. The molecule has 0 aliphatic heterocycles. The van der Waals surface area contributed by atoms with Crippen LogP contribution < -0.4 is 15.5 Å². The fourth-order valence-electron chi connectivity index (χ4n) is 11.5. The molecule has 6 fully saturated rings. The lowest BCUT2D eigenvalue weighted by Crippen LogP contribution is -2.56. The van der Waals surface area contributed by atoms with E-state index >= 15 is 0 Å². The van der Waals surface area contributed by atoms with Crippen molar-refractivity contribution in [3.63, 3.8) is 0 Å². The third-order valence-electron chi connectivity index (χ3n) is 14.3. The van der Waals surface area contributed by atoms with E-state index in [0.717, 1.165) is 136 Å². The van der Waals surface area contributed by atoms with Gasteiger partial charge in [-0.15, -0.1) is 0 Å². The molecule has 1 heterocycles. The zero-order chi connectivity index (χ0) is 37.9. The van der Waals surface area contributed by atoms with Crippen molar-refractivity contribution in [1.82, 2.24) is 24.8 Å². The van der Waals surface area contributed by atoms with Gasteiger partial charge in [-0.2, -0.15) is 15.0 Å². The summed E-state index contributed by atoms with van der Waals surface area (Å²) in [4.78, 5) is 78.0. The highest BCUT2D eigenvalue weighted by atomic mass is 16.2. The number of fused-ring (bicyclic) bond motifs is 4. The highest BCUT2D eigenvalue weighted by Gasteiger charge is 2.55. The van der Waals surface area contributed by atoms with Crippen LogP contribution in [0.3, 0.4) is 0 Å². The fourth-order valence-corrected chi connectivity index (χ4v) is 11.5. The minimum atomic E-state index is -0.366. The molecule has 1 aromatic rings. The van der Waals surface area contributed by atoms with E-state index in [1.165, 1.54) is 0 Å². The molecule has 12 nitrogen and oxygen atoms in total. The van der Waals surface area contributed by atoms with E-state index in [1.54, 1.807) is 0 Å². The lowest BCUT2D eigenvalue weighted by atomic mass is 9.57. The van der Waals surface area contributed by atoms with Crippen molar-refractivity contribution < 1.29 is 19.2 Å². The molecule has 7 rings (SSSR count). The van der Waals surface area contributed by atoms with Crippen LogP contribution in [0.5, 0.6) is 0 Å². The molecular weight excluding hydrogens is 681 g/mol. The second-order valence-electron chi connectivity index (χ2n) is 17.7. The van der Waals surface area contributed by atoms with Gasteiger partial charge in [0.25, 0.3) is 0 Å². The van der Waals surface area contributed by atoms with E-state index in [9.17, 15) is 19.2 Å². The van der Waals surface area contributed by atoms with Crippen molar-refractivity contribution in [2.24, 2.45) is 47.3 Å². The lowest BCUT2D eigenvalue weighted by Gasteiger charge is -2.46. The van der Waals surface area contributed by atoms with Gasteiger partial charge < -0.3 is 25.3 Å². The summed E-state index contributed by atoms with van der Waals surface area (Å²) in [5.74, 6) is 0.758. The SMILES string of the molecule is CCN(CC)CCN(CCCN(C)C)c1nc(NC2CCCC3C(=O)C4CCCCC4C(=O)C23)nc(NC2CCCC3C(=O)C4CCCCC4C(=O)C23)n1. The molecule has 6 saturated carbocycles. The average Bonchev–Trinajstić information content (AvgIpc) is 3.18. The van der Waals surface area contributed by atoms with Gasteiger partial charge in [0.15, 0.2) is 0 Å². The number of Topliss-reactive ketones (excluding diaryl/α,β-unsaturated/α-hetero) is 4. The van der Waals surface area contributed by atoms with Crippen molar-refractivity contribution in [3.05, 3.63) is 0 Å². The van der Waals surface area contributed by atoms with Gasteiger partial charge in [0.2, 0.25) is 17.8 Å². The monoisotopic (exact) mass is 747 g/mol. The van der Waals surface area contributed by atoms with Gasteiger partial charge in [0.1, 0.15) is 23.1 Å². The summed E-state index contributed by atoms with van der Waals surface area (Å²) in [6, 6.07) is -0.465. The maximum Gasteiger partial charge on any atom is 0.232 e. The molecule has 2 N–H and O–H groups in total. The Balaban J connectivity index is 1.20. The Labute approximate surface area is 322 Å². The molecular formula is C42H66N8O4. The minimum Gasteiger partial charge on any atom is -0.351 e. The van der Waals surface area contributed by atoms with E-state index in [-0.39, 0.29) is 71.0 Å². The minimum absolute atomic E-state index is 0.107. The molecule has 12 heteroatoms. The summed E-state index contributed by atoms with van der Waals surface area (Å²) >= 11 is 0. The summed E-state index contributed by atoms with van der Waals surface area (Å²) in [5, 5.41) is 7.26. The first-order chi connectivity index (χ1) is 26.2. The molecule has 10 unspecified atom stereocenters. The van der Waals surface area contributed by atoms with Crippen LogP contribution in [-0.2, 0) is 19.2 Å². The summed E-state index contributed by atoms with van der Waals surface area (Å²) in [6.07, 6.45) is 13.2. The number of carbonyl (C=O) groups excluding carboxylic acids is 4. The van der Waals surface area contributed by atoms with Gasteiger partial charge in [-0.3, -0.25) is 19.2 Å². The molecule has 0 aromatic carbocycles. The first kappa shape index (κ1) is 39.3. The smallest absolute Gasteiger partial charge is 0.232 e. The maximum absolute atomic E-state index is 14.2. The number of hydrogen-bond donors (Lipinski definition) is 2. The first-order valence-corrected chi connectivity index (χ1v) is 21.7. The molecule has 10 atom stereocenters. The molecule has 6 aliphatic carbocycles. The second kappa shape index (κ2) is 17.4. The molecule has 0 spiro atoms. The number of nitrogens with one attached hydrogen (secondary N) is 2. The highest BCUT2D eigenvalue weighted by Crippen LogP contribution is 2.48. The lowest BCUT2D eigenvalue weighted by molar-refractivity contribution is -0.151. The largest absolute Gasteiger partial charge is 0.351 e. The molecule has 298 valence electrons. The number of hydrogen-bond acceptors (Lipinski definition) is 12. The predicted octanol–water partition coefficient (Wildman–Crippen LogP) is 5.28. The van der Waals surface area contributed by atoms with Gasteiger partial charge >= 0.3 is 0 Å². The Morgan fingerprint density at radius 3 is 1.41 bits per heavy atom. The van der Waals surface area contributed by atoms with Crippen molar-refractivity contribution >= 4 is 41.0 Å². The van der Waals surface area contributed by atoms with Gasteiger partial charge in [0.05, 0.1) is 0 Å². The van der Waals surface area contributed by atoms with E-state index in [1.807, 2.05) is 0 Å². The maximum atomic E-state index is 14.2. The van der Waals surface area contributed by atoms with Crippen molar-refractivity contribution in [3.8, 4) is 0 Å². The Morgan fingerprint density at radius 1 is 0.519 bits per heavy atom. The molecule has 54 heavy (non-hydrogen) atoms. The highest BCUT2D eigenvalue weighted by molar-refractivity contribution is 6.01. The van der Waals surface area contributed by atoms with Crippen molar-refractivity contribution in [2.75, 3.05) is 68.9 Å². The van der Waals surface area contributed by atoms with Gasteiger partial charge in [-0.05, 0) is 91.5 Å². The number of likely N-dealkylation sites (N-methyl/N-ethyl adjacent to an activating group) is 1. The molecule has 1 aromatic heterocycles. The van der Waals surface area contributed by atoms with Gasteiger partial charge in [-0.1, -0.05) is 52.4 Å². The number of rotatable bonds is 14. The Bertz CT molecular complexity index is 1430. The van der Waals surface area contributed by atoms with Crippen LogP contribution >= 0.6 is 0 Å². The summed E-state index contributed by atoms with van der Waals surface area (Å²) < 4.78 is 0. The predicted molar refractivity (Wildman–Crippen MR) is 210 cm³/mol. The third-order valence-corrected chi connectivity index (χ3v) is 14.3. The van der Waals surface area contributed by atoms with E-state index < -0.39 is 0 Å². The molecule has 6 aliphatic rings. The average molecular weight is 747 g/mol. The number of anilines is 3. The Morgan fingerprint density at radius 2 is 0.963 bits per heavy atom. The van der Waals surface area contributed by atoms with Crippen LogP contribution in [0.15, 0.2) is 0 Å². The van der Waals surface area contributed by atoms with Crippen LogP contribution in [-0.4, -0.2) is 113 Å². The van der Waals surface area contributed by atoms with E-state index in [4.69, 9.17) is 15.0 Å². The number of nitrogens with zero attached hydrogens (tertiary/aromatic N) is 6. The van der Waals surface area contributed by atoms with Gasteiger partial charge in [-0.25, -0.2) is 0 Å². The van der Waals surface area contributed by atoms with E-state index in [2.05, 4.69) is 53.3 Å². The zero-order valence-electron chi connectivity index (χ0n) is 33.4. The molecule has 0 bridgehead atoms. The molecule has 0 radical (unpaired) electrons. The molecule has 0 saturated heterocycles. The summed E-state index contributed by atoms with van der Waals surface area (Å²) in [5.41, 5.74) is 0. The third kappa shape index (κ3) is 8.11. The van der Waals surface area contributed by atoms with Crippen LogP contribution in [0.1, 0.15) is 110 Å². The van der Waals surface area contributed by atoms with Gasteiger partial charge in [0, 0.05) is 79.1 Å². The second-order valence-corrected chi connectivity index (χ2v) is 17.7. The van der Waals surface area contributed by atoms with Crippen LogP contribution in [0.4, 0.5) is 17.8 Å². The van der Waals surface area contributed by atoms with Crippen molar-refractivity contribution in [1.29, 1.82) is 0 Å². The number of carbonyl (C=O) groups is 4. The Kier molecular flexibility index (Phi) is 12.7. The topological polar surface area (TPSA) is 141 Å². The normalized spacial score (nSPS) is 33.9. The number of aromatic nitrogens is 3. The summed E-state index contributed by atoms with van der Waals surface area (Å²) in [6.45, 7) is 9.57. The van der Waals surface area contributed by atoms with E-state index in [0.29, 0.717) is 29.4 Å². The summed E-state index contributed by atoms with van der Waals surface area (Å²) in [7, 11) is 4.17.